The quantitative estimate of drug-likeness (QED) is 0.555. The molecule has 0 fully saturated rings. The average molecular weight is 277 g/mol. The van der Waals surface area contributed by atoms with Gasteiger partial charge in [-0.25, -0.2) is 0 Å². The first-order valence-corrected chi connectivity index (χ1v) is 7.30. The predicted molar refractivity (Wildman–Crippen MR) is 78.1 cm³/mol. The second-order valence-corrected chi connectivity index (χ2v) is 6.04. The molecule has 0 aliphatic carbocycles. The summed E-state index contributed by atoms with van der Waals surface area (Å²) in [4.78, 5) is 3.63. The van der Waals surface area contributed by atoms with Gasteiger partial charge < -0.3 is 0 Å². The minimum absolute atomic E-state index is 0.844. The van der Waals surface area contributed by atoms with Gasteiger partial charge in [-0.2, -0.15) is 0 Å². The molecule has 0 bridgehead atoms. The van der Waals surface area contributed by atoms with Crippen molar-refractivity contribution in [3.05, 3.63) is 58.9 Å². The molecule has 0 aliphatic rings. The van der Waals surface area contributed by atoms with Crippen molar-refractivity contribution < 1.29 is 0 Å². The Morgan fingerprint density at radius 3 is 2.41 bits per heavy atom. The minimum Gasteiger partial charge on any atom is -0.143 e. The Morgan fingerprint density at radius 1 is 0.882 bits per heavy atom. The van der Waals surface area contributed by atoms with Gasteiger partial charge in [0.1, 0.15) is 0 Å². The highest BCUT2D eigenvalue weighted by Gasteiger charge is 2.11. The molecule has 2 aromatic heterocycles. The van der Waals surface area contributed by atoms with E-state index in [1.807, 2.05) is 18.2 Å². The monoisotopic (exact) mass is 276 g/mol. The van der Waals surface area contributed by atoms with Crippen molar-refractivity contribution in [2.75, 3.05) is 0 Å². The zero-order chi connectivity index (χ0) is 11.7. The van der Waals surface area contributed by atoms with Gasteiger partial charge in [0.25, 0.3) is 0 Å². The van der Waals surface area contributed by atoms with E-state index in [9.17, 15) is 0 Å². The van der Waals surface area contributed by atoms with Gasteiger partial charge in [0.2, 0.25) is 0 Å². The summed E-state index contributed by atoms with van der Waals surface area (Å²) in [7, 11) is 0. The summed E-state index contributed by atoms with van der Waals surface area (Å²) in [6, 6.07) is 16.6. The maximum atomic E-state index is 6.30. The van der Waals surface area contributed by atoms with Gasteiger partial charge in [0.15, 0.2) is 0 Å². The molecular formula is C14H9ClS2. The molecule has 3 aromatic rings. The van der Waals surface area contributed by atoms with Crippen LogP contribution >= 0.6 is 34.3 Å². The van der Waals surface area contributed by atoms with Gasteiger partial charge in [-0.05, 0) is 23.1 Å². The largest absolute Gasteiger partial charge is 0.143 e. The Kier molecular flexibility index (Phi) is 3.02. The van der Waals surface area contributed by atoms with Crippen molar-refractivity contribution in [2.24, 2.45) is 0 Å². The fraction of sp³-hybridized carbons (Fsp3) is 0. The van der Waals surface area contributed by atoms with Gasteiger partial charge in [-0.15, -0.1) is 22.7 Å². The van der Waals surface area contributed by atoms with Crippen molar-refractivity contribution in [1.29, 1.82) is 0 Å². The van der Waals surface area contributed by atoms with Gasteiger partial charge in [0, 0.05) is 9.75 Å². The average Bonchev–Trinajstić information content (AvgIpc) is 2.99. The standard InChI is InChI=1S/C14H9ClS2/c15-11-9-13(10-5-2-1-3-6-10)17-14(11)12-7-4-8-16-12/h1-9H. The molecule has 0 aliphatic heterocycles. The highest BCUT2D eigenvalue weighted by molar-refractivity contribution is 7.23. The van der Waals surface area contributed by atoms with Crippen molar-refractivity contribution in [1.82, 2.24) is 0 Å². The zero-order valence-corrected chi connectivity index (χ0v) is 11.3. The molecule has 0 nitrogen and oxygen atoms in total. The summed E-state index contributed by atoms with van der Waals surface area (Å²) in [5.41, 5.74) is 1.22. The van der Waals surface area contributed by atoms with E-state index >= 15 is 0 Å². The van der Waals surface area contributed by atoms with E-state index in [0.717, 1.165) is 5.02 Å². The second-order valence-electron chi connectivity index (χ2n) is 3.63. The van der Waals surface area contributed by atoms with Crippen LogP contribution in [0.3, 0.4) is 0 Å². The van der Waals surface area contributed by atoms with Crippen LogP contribution in [0.15, 0.2) is 53.9 Å². The third-order valence-electron chi connectivity index (χ3n) is 2.49. The van der Waals surface area contributed by atoms with Crippen LogP contribution in [0.2, 0.25) is 5.02 Å². The predicted octanol–water partition coefficient (Wildman–Crippen LogP) is 5.80. The summed E-state index contributed by atoms with van der Waals surface area (Å²) >= 11 is 9.78. The highest BCUT2D eigenvalue weighted by Crippen LogP contribution is 2.42. The molecule has 2 heterocycles. The van der Waals surface area contributed by atoms with Crippen LogP contribution in [-0.2, 0) is 0 Å². The third-order valence-corrected chi connectivity index (χ3v) is 5.13. The molecule has 1 aromatic carbocycles. The van der Waals surface area contributed by atoms with E-state index < -0.39 is 0 Å². The van der Waals surface area contributed by atoms with Crippen molar-refractivity contribution in [3.63, 3.8) is 0 Å². The van der Waals surface area contributed by atoms with E-state index in [-0.39, 0.29) is 0 Å². The first kappa shape index (κ1) is 11.0. The van der Waals surface area contributed by atoms with Crippen molar-refractivity contribution in [2.45, 2.75) is 0 Å². The number of hydrogen-bond donors (Lipinski definition) is 0. The van der Waals surface area contributed by atoms with Crippen LogP contribution in [0.4, 0.5) is 0 Å². The van der Waals surface area contributed by atoms with E-state index in [0.29, 0.717) is 0 Å². The number of rotatable bonds is 2. The topological polar surface area (TPSA) is 0 Å². The fourth-order valence-corrected chi connectivity index (χ4v) is 4.06. The molecule has 0 spiro atoms. The number of benzene rings is 1. The van der Waals surface area contributed by atoms with Crippen LogP contribution in [0.1, 0.15) is 0 Å². The van der Waals surface area contributed by atoms with E-state index in [1.54, 1.807) is 22.7 Å². The minimum atomic E-state index is 0.844. The maximum absolute atomic E-state index is 6.30. The molecule has 3 rings (SSSR count). The number of hydrogen-bond acceptors (Lipinski definition) is 2. The van der Waals surface area contributed by atoms with Crippen LogP contribution in [0.5, 0.6) is 0 Å². The van der Waals surface area contributed by atoms with E-state index in [1.165, 1.54) is 20.2 Å². The van der Waals surface area contributed by atoms with Crippen LogP contribution < -0.4 is 0 Å². The normalized spacial score (nSPS) is 10.6. The third kappa shape index (κ3) is 2.16. The first-order chi connectivity index (χ1) is 8.34. The van der Waals surface area contributed by atoms with Gasteiger partial charge >= 0.3 is 0 Å². The molecule has 0 amide bonds. The lowest BCUT2D eigenvalue weighted by Gasteiger charge is -1.94. The highest BCUT2D eigenvalue weighted by atomic mass is 35.5. The molecule has 0 saturated heterocycles. The van der Waals surface area contributed by atoms with Crippen LogP contribution in [0, 0.1) is 0 Å². The lowest BCUT2D eigenvalue weighted by molar-refractivity contribution is 1.70. The maximum Gasteiger partial charge on any atom is 0.0635 e. The molecular weight excluding hydrogens is 268 g/mol. The Morgan fingerprint density at radius 2 is 1.71 bits per heavy atom. The summed E-state index contributed by atoms with van der Waals surface area (Å²) in [5, 5.41) is 2.92. The molecule has 17 heavy (non-hydrogen) atoms. The fourth-order valence-electron chi connectivity index (χ4n) is 1.69. The van der Waals surface area contributed by atoms with Crippen LogP contribution in [-0.4, -0.2) is 0 Å². The molecule has 0 unspecified atom stereocenters. The lowest BCUT2D eigenvalue weighted by atomic mass is 10.2. The zero-order valence-electron chi connectivity index (χ0n) is 8.89. The molecule has 3 heteroatoms. The number of thiophene rings is 2. The molecule has 0 radical (unpaired) electrons. The van der Waals surface area contributed by atoms with Crippen molar-refractivity contribution in [3.8, 4) is 20.2 Å². The van der Waals surface area contributed by atoms with E-state index in [2.05, 4.69) is 35.7 Å². The Labute approximate surface area is 113 Å². The Bertz CT molecular complexity index is 609. The van der Waals surface area contributed by atoms with Crippen LogP contribution in [0.25, 0.3) is 20.2 Å². The van der Waals surface area contributed by atoms with E-state index in [4.69, 9.17) is 11.6 Å². The first-order valence-electron chi connectivity index (χ1n) is 5.23. The second kappa shape index (κ2) is 4.65. The Hall–Kier alpha value is -1.09. The summed E-state index contributed by atoms with van der Waals surface area (Å²) in [6.07, 6.45) is 0. The van der Waals surface area contributed by atoms with Gasteiger partial charge in [0.05, 0.1) is 9.90 Å². The molecule has 0 atom stereocenters. The van der Waals surface area contributed by atoms with Crippen molar-refractivity contribution >= 4 is 34.3 Å². The smallest absolute Gasteiger partial charge is 0.0635 e. The number of halogens is 1. The Balaban J connectivity index is 2.08. The molecule has 0 saturated carbocycles. The molecule has 84 valence electrons. The molecule has 0 N–H and O–H groups in total. The summed E-state index contributed by atoms with van der Waals surface area (Å²) in [5.74, 6) is 0. The van der Waals surface area contributed by atoms with Gasteiger partial charge in [-0.3, -0.25) is 0 Å². The van der Waals surface area contributed by atoms with Gasteiger partial charge in [-0.1, -0.05) is 48.0 Å². The summed E-state index contributed by atoms with van der Waals surface area (Å²) in [6.45, 7) is 0. The summed E-state index contributed by atoms with van der Waals surface area (Å²) < 4.78 is 0. The SMILES string of the molecule is Clc1cc(-c2ccccc2)sc1-c1cccs1. The lowest BCUT2D eigenvalue weighted by Crippen LogP contribution is -1.67.